The van der Waals surface area contributed by atoms with Crippen molar-refractivity contribution in [2.45, 2.75) is 26.8 Å². The number of aliphatic hydroxyl groups is 1. The van der Waals surface area contributed by atoms with Crippen molar-refractivity contribution in [2.24, 2.45) is 5.92 Å². The third-order valence-corrected chi connectivity index (χ3v) is 3.84. The van der Waals surface area contributed by atoms with Crippen molar-refractivity contribution < 1.29 is 5.11 Å². The van der Waals surface area contributed by atoms with Crippen molar-refractivity contribution in [1.82, 2.24) is 15.1 Å². The minimum Gasteiger partial charge on any atom is -0.396 e. The van der Waals surface area contributed by atoms with Gasteiger partial charge in [0.15, 0.2) is 0 Å². The second-order valence-corrected chi connectivity index (χ2v) is 5.67. The monoisotopic (exact) mass is 298 g/mol. The molecule has 0 saturated carbocycles. The van der Waals surface area contributed by atoms with Gasteiger partial charge >= 0.3 is 0 Å². The highest BCUT2D eigenvalue weighted by Crippen LogP contribution is 2.20. The van der Waals surface area contributed by atoms with Crippen molar-refractivity contribution in [3.8, 4) is 11.8 Å². The number of nitrogens with one attached hydrogen (secondary N) is 1. The smallest absolute Gasteiger partial charge is 0.0991 e. The third-order valence-electron chi connectivity index (χ3n) is 3.84. The van der Waals surface area contributed by atoms with Gasteiger partial charge < -0.3 is 10.4 Å². The number of benzene rings is 1. The van der Waals surface area contributed by atoms with Crippen molar-refractivity contribution >= 4 is 0 Å². The maximum absolute atomic E-state index is 9.09. The number of rotatable bonds is 6. The maximum atomic E-state index is 9.09. The topological polar surface area (TPSA) is 73.9 Å². The quantitative estimate of drug-likeness (QED) is 0.858. The molecular weight excluding hydrogens is 276 g/mol. The van der Waals surface area contributed by atoms with Gasteiger partial charge in [0.1, 0.15) is 0 Å². The predicted octanol–water partition coefficient (Wildman–Crippen LogP) is 2.33. The predicted molar refractivity (Wildman–Crippen MR) is 85.7 cm³/mol. The van der Waals surface area contributed by atoms with Crippen LogP contribution in [0, 0.1) is 24.2 Å². The van der Waals surface area contributed by atoms with Gasteiger partial charge in [0.25, 0.3) is 0 Å². The van der Waals surface area contributed by atoms with Gasteiger partial charge in [-0.25, -0.2) is 4.68 Å². The summed E-state index contributed by atoms with van der Waals surface area (Å²) >= 11 is 0. The Morgan fingerprint density at radius 1 is 1.32 bits per heavy atom. The minimum absolute atomic E-state index is 0.168. The van der Waals surface area contributed by atoms with Crippen molar-refractivity contribution in [3.05, 3.63) is 47.3 Å². The first kappa shape index (κ1) is 16.2. The first-order valence-corrected chi connectivity index (χ1v) is 7.46. The summed E-state index contributed by atoms with van der Waals surface area (Å²) in [7, 11) is 0. The van der Waals surface area contributed by atoms with Crippen molar-refractivity contribution in [1.29, 1.82) is 5.26 Å². The summed E-state index contributed by atoms with van der Waals surface area (Å²) in [6.07, 6.45) is 1.87. The highest BCUT2D eigenvalue weighted by molar-refractivity contribution is 5.40. The van der Waals surface area contributed by atoms with E-state index in [4.69, 9.17) is 10.4 Å². The van der Waals surface area contributed by atoms with Crippen LogP contribution in [-0.4, -0.2) is 28.0 Å². The Morgan fingerprint density at radius 3 is 2.59 bits per heavy atom. The van der Waals surface area contributed by atoms with Crippen LogP contribution >= 0.6 is 0 Å². The molecule has 2 N–H and O–H groups in total. The highest BCUT2D eigenvalue weighted by Gasteiger charge is 2.14. The molecule has 1 aromatic carbocycles. The number of nitrogens with zero attached hydrogens (tertiary/aromatic N) is 3. The molecule has 2 atom stereocenters. The molecule has 0 aliphatic carbocycles. The number of hydrogen-bond acceptors (Lipinski definition) is 4. The Balaban J connectivity index is 2.16. The molecule has 1 aromatic heterocycles. The van der Waals surface area contributed by atoms with Crippen LogP contribution in [0.3, 0.4) is 0 Å². The molecule has 2 aromatic rings. The van der Waals surface area contributed by atoms with Gasteiger partial charge in [0.2, 0.25) is 0 Å². The summed E-state index contributed by atoms with van der Waals surface area (Å²) in [6.45, 7) is 7.08. The molecule has 2 unspecified atom stereocenters. The summed E-state index contributed by atoms with van der Waals surface area (Å²) in [6, 6.07) is 9.66. The van der Waals surface area contributed by atoms with Crippen LogP contribution in [-0.2, 0) is 0 Å². The lowest BCUT2D eigenvalue weighted by atomic mass is 10.1. The lowest BCUT2D eigenvalue weighted by Crippen LogP contribution is -2.26. The molecule has 0 fully saturated rings. The molecule has 5 heteroatoms. The van der Waals surface area contributed by atoms with E-state index in [-0.39, 0.29) is 18.6 Å². The van der Waals surface area contributed by atoms with Crippen molar-refractivity contribution in [2.75, 3.05) is 13.2 Å². The second-order valence-electron chi connectivity index (χ2n) is 5.67. The van der Waals surface area contributed by atoms with Crippen LogP contribution < -0.4 is 5.32 Å². The zero-order chi connectivity index (χ0) is 16.1. The molecule has 0 bridgehead atoms. The molecule has 0 radical (unpaired) electrons. The lowest BCUT2D eigenvalue weighted by Gasteiger charge is -2.16. The van der Waals surface area contributed by atoms with E-state index in [0.29, 0.717) is 5.56 Å². The highest BCUT2D eigenvalue weighted by atomic mass is 16.3. The Kier molecular flexibility index (Phi) is 5.31. The number of aliphatic hydroxyl groups excluding tert-OH is 1. The first-order chi connectivity index (χ1) is 10.6. The summed E-state index contributed by atoms with van der Waals surface area (Å²) in [5.41, 5.74) is 3.79. The first-order valence-electron chi connectivity index (χ1n) is 7.46. The maximum Gasteiger partial charge on any atom is 0.0991 e. The standard InChI is InChI=1S/C17H22N4O/c1-12(11-22)9-19-13(2)17-10-20-21(14(17)3)16-6-4-15(8-18)5-7-16/h4-7,10,12-13,19,22H,9,11H2,1-3H3. The van der Waals surface area contributed by atoms with Gasteiger partial charge in [-0.3, -0.25) is 0 Å². The van der Waals surface area contributed by atoms with Crippen LogP contribution in [0.5, 0.6) is 0 Å². The van der Waals surface area contributed by atoms with Gasteiger partial charge in [-0.2, -0.15) is 10.4 Å². The fraction of sp³-hybridized carbons (Fsp3) is 0.412. The van der Waals surface area contributed by atoms with Gasteiger partial charge in [-0.15, -0.1) is 0 Å². The van der Waals surface area contributed by atoms with E-state index >= 15 is 0 Å². The minimum atomic E-state index is 0.168. The zero-order valence-electron chi connectivity index (χ0n) is 13.2. The van der Waals surface area contributed by atoms with E-state index in [1.54, 1.807) is 12.1 Å². The van der Waals surface area contributed by atoms with Gasteiger partial charge in [-0.05, 0) is 44.0 Å². The van der Waals surface area contributed by atoms with E-state index in [1.807, 2.05) is 36.9 Å². The molecule has 2 rings (SSSR count). The van der Waals surface area contributed by atoms with Crippen molar-refractivity contribution in [3.63, 3.8) is 0 Å². The third kappa shape index (κ3) is 3.53. The summed E-state index contributed by atoms with van der Waals surface area (Å²) in [5.74, 6) is 0.233. The Hall–Kier alpha value is -2.16. The Morgan fingerprint density at radius 2 is 2.00 bits per heavy atom. The number of hydrogen-bond donors (Lipinski definition) is 2. The fourth-order valence-corrected chi connectivity index (χ4v) is 2.34. The molecule has 0 saturated heterocycles. The Labute approximate surface area is 131 Å². The molecule has 1 heterocycles. The van der Waals surface area contributed by atoms with E-state index in [2.05, 4.69) is 23.4 Å². The molecule has 0 spiro atoms. The van der Waals surface area contributed by atoms with E-state index in [9.17, 15) is 0 Å². The normalized spacial score (nSPS) is 13.6. The molecular formula is C17H22N4O. The van der Waals surface area contributed by atoms with E-state index in [1.165, 1.54) is 0 Å². The molecule has 22 heavy (non-hydrogen) atoms. The number of aromatic nitrogens is 2. The van der Waals surface area contributed by atoms with Gasteiger partial charge in [0.05, 0.1) is 23.5 Å². The van der Waals surface area contributed by atoms with Crippen LogP contribution in [0.15, 0.2) is 30.5 Å². The summed E-state index contributed by atoms with van der Waals surface area (Å²) < 4.78 is 1.88. The average molecular weight is 298 g/mol. The van der Waals surface area contributed by atoms with Gasteiger partial charge in [-0.1, -0.05) is 6.92 Å². The van der Waals surface area contributed by atoms with E-state index < -0.39 is 0 Å². The summed E-state index contributed by atoms with van der Waals surface area (Å²) in [4.78, 5) is 0. The van der Waals surface area contributed by atoms with Crippen LogP contribution in [0.25, 0.3) is 5.69 Å². The molecule has 0 aliphatic heterocycles. The zero-order valence-corrected chi connectivity index (χ0v) is 13.2. The van der Waals surface area contributed by atoms with Crippen LogP contribution in [0.2, 0.25) is 0 Å². The average Bonchev–Trinajstić information content (AvgIpc) is 2.94. The van der Waals surface area contributed by atoms with Crippen LogP contribution in [0.4, 0.5) is 0 Å². The lowest BCUT2D eigenvalue weighted by molar-refractivity contribution is 0.231. The summed E-state index contributed by atoms with van der Waals surface area (Å²) in [5, 5.41) is 25.8. The Bertz CT molecular complexity index is 654. The fourth-order valence-electron chi connectivity index (χ4n) is 2.34. The second kappa shape index (κ2) is 7.21. The molecule has 0 aliphatic rings. The molecule has 0 amide bonds. The largest absolute Gasteiger partial charge is 0.396 e. The number of nitriles is 1. The van der Waals surface area contributed by atoms with E-state index in [0.717, 1.165) is 23.5 Å². The van der Waals surface area contributed by atoms with Gasteiger partial charge in [0, 0.05) is 30.5 Å². The molecule has 116 valence electrons. The van der Waals surface area contributed by atoms with Crippen LogP contribution in [0.1, 0.15) is 36.7 Å². The SMILES string of the molecule is Cc1c(C(C)NCC(C)CO)cnn1-c1ccc(C#N)cc1. The molecule has 5 nitrogen and oxygen atoms in total.